The lowest BCUT2D eigenvalue weighted by Gasteiger charge is -2.40. The molecule has 1 aliphatic heterocycles. The summed E-state index contributed by atoms with van der Waals surface area (Å²) in [6.07, 6.45) is 1.62. The molecule has 1 atom stereocenters. The van der Waals surface area contributed by atoms with Gasteiger partial charge in [-0.05, 0) is 61.9 Å². The fourth-order valence-electron chi connectivity index (χ4n) is 4.94. The third-order valence-electron chi connectivity index (χ3n) is 7.19. The molecule has 2 aromatic rings. The van der Waals surface area contributed by atoms with E-state index in [-0.39, 0.29) is 50.6 Å². The number of esters is 1. The Balaban J connectivity index is 0.000000533. The number of rotatable bonds is 17. The molecule has 0 saturated carbocycles. The molecule has 0 radical (unpaired) electrons. The summed E-state index contributed by atoms with van der Waals surface area (Å²) in [6, 6.07) is 13.8. The number of nitrogens with zero attached hydrogens (tertiary/aromatic N) is 3. The van der Waals surface area contributed by atoms with Crippen molar-refractivity contribution in [2.75, 3.05) is 78.6 Å². The zero-order valence-electron chi connectivity index (χ0n) is 29.3. The lowest BCUT2D eigenvalue weighted by Crippen LogP contribution is -2.56. The summed E-state index contributed by atoms with van der Waals surface area (Å²) in [5, 5.41) is 33.4. The van der Waals surface area contributed by atoms with E-state index >= 15 is 0 Å². The molecule has 1 amide bonds. The number of thiocarbonyl (C=S) groups is 1. The normalized spacial score (nSPS) is 14.9. The summed E-state index contributed by atoms with van der Waals surface area (Å²) in [4.78, 5) is 61.9. The number of hydrogen-bond donors (Lipinski definition) is 6. The Morgan fingerprint density at radius 3 is 2.06 bits per heavy atom. The number of nitrogens with two attached hydrogens (primary N) is 1. The van der Waals surface area contributed by atoms with E-state index in [2.05, 4.69) is 16.4 Å². The molecule has 7 N–H and O–H groups in total. The van der Waals surface area contributed by atoms with Gasteiger partial charge in [-0.25, -0.2) is 0 Å². The van der Waals surface area contributed by atoms with E-state index in [1.807, 2.05) is 31.2 Å². The maximum Gasteiger partial charge on any atom is 0.317 e. The number of hydrogen-bond acceptors (Lipinski definition) is 12. The van der Waals surface area contributed by atoms with Crippen LogP contribution in [0, 0.1) is 0 Å². The number of carboxylic acids is 3. The highest BCUT2D eigenvalue weighted by Gasteiger charge is 2.29. The fourth-order valence-corrected chi connectivity index (χ4v) is 5.08. The summed E-state index contributed by atoms with van der Waals surface area (Å²) < 4.78 is 9.87. The van der Waals surface area contributed by atoms with Crippen molar-refractivity contribution < 1.29 is 48.8 Å². The zero-order chi connectivity index (χ0) is 38.2. The number of carboxylic acid groups (broad SMARTS) is 3. The van der Waals surface area contributed by atoms with Crippen molar-refractivity contribution >= 4 is 53.2 Å². The van der Waals surface area contributed by atoms with Gasteiger partial charge < -0.3 is 41.2 Å². The van der Waals surface area contributed by atoms with Crippen molar-refractivity contribution in [3.63, 3.8) is 0 Å². The van der Waals surface area contributed by atoms with Gasteiger partial charge in [0.15, 0.2) is 0 Å². The highest BCUT2D eigenvalue weighted by molar-refractivity contribution is 7.79. The molecule has 0 aromatic heterocycles. The molecule has 0 aliphatic carbocycles. The second-order valence-electron chi connectivity index (χ2n) is 11.2. The first-order chi connectivity index (χ1) is 24.4. The fraction of sp³-hybridized carbons (Fsp3) is 0.471. The molecule has 3 rings (SSSR count). The predicted octanol–water partition coefficient (Wildman–Crippen LogP) is 1.44. The number of nitrogens with one attached hydrogen (secondary N) is 2. The molecule has 1 unspecified atom stereocenters. The molecular weight excluding hydrogens is 684 g/mol. The Bertz CT molecular complexity index is 1380. The minimum atomic E-state index is -1.02. The maximum absolute atomic E-state index is 11.6. The van der Waals surface area contributed by atoms with Crippen molar-refractivity contribution in [2.24, 2.45) is 5.73 Å². The SMILES string of the molecule is CCCNC(=O)c1ccc(OC(=O)CCOC)cc1.CN.O=C(O)CN1CCN(CC(=O)O)C(Cc2ccc(NC=S)cc2)CN(CC(=O)O)C1. The van der Waals surface area contributed by atoms with Crippen molar-refractivity contribution in [3.05, 3.63) is 59.7 Å². The topological polar surface area (TPSA) is 224 Å². The van der Waals surface area contributed by atoms with E-state index in [1.165, 1.54) is 19.6 Å². The predicted molar refractivity (Wildman–Crippen MR) is 195 cm³/mol. The second-order valence-corrected chi connectivity index (χ2v) is 11.4. The van der Waals surface area contributed by atoms with Crippen LogP contribution in [0.2, 0.25) is 0 Å². The minimum Gasteiger partial charge on any atom is -0.480 e. The van der Waals surface area contributed by atoms with E-state index in [0.29, 0.717) is 50.5 Å². The van der Waals surface area contributed by atoms with Gasteiger partial charge in [-0.2, -0.15) is 0 Å². The van der Waals surface area contributed by atoms with Gasteiger partial charge in [0.25, 0.3) is 5.91 Å². The van der Waals surface area contributed by atoms with Gasteiger partial charge in [-0.1, -0.05) is 31.3 Å². The van der Waals surface area contributed by atoms with Crippen LogP contribution in [0.3, 0.4) is 0 Å². The molecule has 1 aliphatic rings. The first kappa shape index (κ1) is 44.5. The van der Waals surface area contributed by atoms with Gasteiger partial charge >= 0.3 is 23.9 Å². The van der Waals surface area contributed by atoms with Gasteiger partial charge in [0.1, 0.15) is 5.75 Å². The Hall–Kier alpha value is -4.52. The molecule has 1 fully saturated rings. The molecule has 1 saturated heterocycles. The molecule has 282 valence electrons. The third kappa shape index (κ3) is 18.9. The van der Waals surface area contributed by atoms with Gasteiger partial charge in [-0.15, -0.1) is 0 Å². The highest BCUT2D eigenvalue weighted by Crippen LogP contribution is 2.17. The number of methoxy groups -OCH3 is 1. The van der Waals surface area contributed by atoms with E-state index < -0.39 is 17.9 Å². The van der Waals surface area contributed by atoms with E-state index in [1.54, 1.807) is 39.0 Å². The van der Waals surface area contributed by atoms with Crippen LogP contribution >= 0.6 is 12.2 Å². The summed E-state index contributed by atoms with van der Waals surface area (Å²) in [5.74, 6) is -3.09. The van der Waals surface area contributed by atoms with E-state index in [9.17, 15) is 34.2 Å². The minimum absolute atomic E-state index is 0.126. The van der Waals surface area contributed by atoms with Crippen LogP contribution in [-0.4, -0.2) is 145 Å². The average Bonchev–Trinajstić information content (AvgIpc) is 3.09. The first-order valence-corrected chi connectivity index (χ1v) is 16.7. The molecule has 16 nitrogen and oxygen atoms in total. The lowest BCUT2D eigenvalue weighted by atomic mass is 10.0. The van der Waals surface area contributed by atoms with Crippen molar-refractivity contribution in [3.8, 4) is 5.75 Å². The third-order valence-corrected chi connectivity index (χ3v) is 7.31. The number of anilines is 1. The lowest BCUT2D eigenvalue weighted by molar-refractivity contribution is -0.143. The second kappa shape index (κ2) is 25.4. The van der Waals surface area contributed by atoms with Crippen LogP contribution in [0.15, 0.2) is 48.5 Å². The summed E-state index contributed by atoms with van der Waals surface area (Å²) in [7, 11) is 3.02. The molecule has 2 aromatic carbocycles. The average molecular weight is 735 g/mol. The maximum atomic E-state index is 11.6. The first-order valence-electron chi connectivity index (χ1n) is 16.2. The van der Waals surface area contributed by atoms with Gasteiger partial charge in [0, 0.05) is 50.6 Å². The molecule has 17 heteroatoms. The number of amides is 1. The number of benzene rings is 2. The molecule has 51 heavy (non-hydrogen) atoms. The number of carbonyl (C=O) groups excluding carboxylic acids is 2. The van der Waals surface area contributed by atoms with Crippen LogP contribution < -0.4 is 21.1 Å². The van der Waals surface area contributed by atoms with Crippen LogP contribution in [0.4, 0.5) is 5.69 Å². The Labute approximate surface area is 303 Å². The Morgan fingerprint density at radius 1 is 0.902 bits per heavy atom. The highest BCUT2D eigenvalue weighted by atomic mass is 32.1. The summed E-state index contributed by atoms with van der Waals surface area (Å²) in [6.45, 7) is 3.44. The Morgan fingerprint density at radius 2 is 1.51 bits per heavy atom. The number of aliphatic carboxylic acids is 3. The summed E-state index contributed by atoms with van der Waals surface area (Å²) in [5.41, 5.74) is 8.27. The van der Waals surface area contributed by atoms with Crippen LogP contribution in [-0.2, 0) is 30.3 Å². The van der Waals surface area contributed by atoms with Crippen LogP contribution in [0.1, 0.15) is 35.7 Å². The molecule has 0 bridgehead atoms. The molecule has 1 heterocycles. The van der Waals surface area contributed by atoms with Gasteiger partial charge in [-0.3, -0.25) is 38.7 Å². The smallest absolute Gasteiger partial charge is 0.317 e. The summed E-state index contributed by atoms with van der Waals surface area (Å²) >= 11 is 4.77. The number of ether oxygens (including phenoxy) is 2. The molecule has 0 spiro atoms. The standard InChI is InChI=1S/C19H26N4O6S.C14H19NO4.CH5N/c24-17(25)9-21-5-6-23(11-19(28)29)16(8-22(13-21)10-18(26)27)7-14-1-3-15(4-2-14)20-12-30;1-3-9-15-14(17)11-4-6-12(7-5-11)19-13(16)8-10-18-2;1-2/h1-4,12,16H,5-11,13H2,(H,20,30)(H,24,25)(H,26,27)(H,28,29);4-7H,3,8-10H2,1-2H3,(H,15,17);2H2,1H3. The van der Waals surface area contributed by atoms with Crippen LogP contribution in [0.5, 0.6) is 5.75 Å². The van der Waals surface area contributed by atoms with Gasteiger partial charge in [0.05, 0.1) is 44.8 Å². The number of carbonyl (C=O) groups is 5. The van der Waals surface area contributed by atoms with Gasteiger partial charge in [0.2, 0.25) is 0 Å². The monoisotopic (exact) mass is 734 g/mol. The van der Waals surface area contributed by atoms with E-state index in [4.69, 9.17) is 26.8 Å². The largest absolute Gasteiger partial charge is 0.480 e. The van der Waals surface area contributed by atoms with E-state index in [0.717, 1.165) is 17.7 Å². The quantitative estimate of drug-likeness (QED) is 0.0768. The molecular formula is C34H50N6O10S. The Kier molecular flexibility index (Phi) is 22.2. The van der Waals surface area contributed by atoms with Crippen molar-refractivity contribution in [1.82, 2.24) is 20.0 Å². The van der Waals surface area contributed by atoms with Crippen LogP contribution in [0.25, 0.3) is 0 Å². The van der Waals surface area contributed by atoms with Crippen molar-refractivity contribution in [2.45, 2.75) is 32.2 Å². The van der Waals surface area contributed by atoms with Crippen molar-refractivity contribution in [1.29, 1.82) is 0 Å². The zero-order valence-corrected chi connectivity index (χ0v) is 30.1.